The normalized spacial score (nSPS) is 16.4. The van der Waals surface area contributed by atoms with Gasteiger partial charge in [0.2, 0.25) is 0 Å². The van der Waals surface area contributed by atoms with Crippen LogP contribution in [0.25, 0.3) is 0 Å². The number of carbonyl (C=O) groups excluding carboxylic acids is 1. The predicted molar refractivity (Wildman–Crippen MR) is 80.9 cm³/mol. The molecule has 2 rings (SSSR count). The number of rotatable bonds is 6. The minimum absolute atomic E-state index is 0.0429. The van der Waals surface area contributed by atoms with Gasteiger partial charge in [-0.05, 0) is 39.9 Å². The molecule has 4 N–H and O–H groups in total. The third-order valence-corrected chi connectivity index (χ3v) is 4.44. The van der Waals surface area contributed by atoms with Crippen LogP contribution >= 0.6 is 11.3 Å². The number of thiophene rings is 1. The number of amides is 1. The van der Waals surface area contributed by atoms with Gasteiger partial charge >= 0.3 is 0 Å². The van der Waals surface area contributed by atoms with E-state index in [1.807, 2.05) is 20.2 Å². The van der Waals surface area contributed by atoms with Crippen molar-refractivity contribution < 1.29 is 4.79 Å². The SMILES string of the molecule is CC(CNc1cc(N)c(C(=O)NC2CC2)s1)N(C)C. The lowest BCUT2D eigenvalue weighted by Gasteiger charge is -2.19. The molecule has 1 heterocycles. The van der Waals surface area contributed by atoms with E-state index in [2.05, 4.69) is 22.5 Å². The monoisotopic (exact) mass is 282 g/mol. The maximum Gasteiger partial charge on any atom is 0.263 e. The second kappa shape index (κ2) is 5.79. The molecule has 5 nitrogen and oxygen atoms in total. The van der Waals surface area contributed by atoms with Gasteiger partial charge in [0.1, 0.15) is 4.88 Å². The molecule has 0 saturated heterocycles. The molecule has 1 aliphatic rings. The summed E-state index contributed by atoms with van der Waals surface area (Å²) in [7, 11) is 4.09. The lowest BCUT2D eigenvalue weighted by atomic mass is 10.3. The summed E-state index contributed by atoms with van der Waals surface area (Å²) in [5, 5.41) is 7.24. The Balaban J connectivity index is 1.93. The molecule has 106 valence electrons. The standard InChI is InChI=1S/C13H22N4OS/c1-8(17(2)3)7-15-11-6-10(14)12(19-11)13(18)16-9-4-5-9/h6,8-9,15H,4-5,7,14H2,1-3H3,(H,16,18). The highest BCUT2D eigenvalue weighted by atomic mass is 32.1. The van der Waals surface area contributed by atoms with Crippen molar-refractivity contribution in [3.05, 3.63) is 10.9 Å². The molecule has 1 aliphatic carbocycles. The number of nitrogen functional groups attached to an aromatic ring is 1. The average Bonchev–Trinajstić information content (AvgIpc) is 3.07. The summed E-state index contributed by atoms with van der Waals surface area (Å²) in [6.07, 6.45) is 2.17. The van der Waals surface area contributed by atoms with Gasteiger partial charge < -0.3 is 21.3 Å². The molecule has 1 aromatic rings. The van der Waals surface area contributed by atoms with E-state index in [0.29, 0.717) is 22.6 Å². The summed E-state index contributed by atoms with van der Waals surface area (Å²) in [6.45, 7) is 2.97. The Morgan fingerprint density at radius 2 is 2.26 bits per heavy atom. The van der Waals surface area contributed by atoms with Crippen LogP contribution in [0.3, 0.4) is 0 Å². The fourth-order valence-corrected chi connectivity index (χ4v) is 2.47. The second-order valence-corrected chi connectivity index (χ2v) is 6.39. The van der Waals surface area contributed by atoms with Crippen LogP contribution in [0, 0.1) is 0 Å². The summed E-state index contributed by atoms with van der Waals surface area (Å²) in [5.41, 5.74) is 6.46. The number of hydrogen-bond acceptors (Lipinski definition) is 5. The first-order valence-electron chi connectivity index (χ1n) is 6.58. The van der Waals surface area contributed by atoms with Gasteiger partial charge in [0, 0.05) is 18.6 Å². The van der Waals surface area contributed by atoms with E-state index in [4.69, 9.17) is 5.73 Å². The van der Waals surface area contributed by atoms with Crippen molar-refractivity contribution in [2.45, 2.75) is 31.8 Å². The number of nitrogens with two attached hydrogens (primary N) is 1. The molecule has 19 heavy (non-hydrogen) atoms. The number of hydrogen-bond donors (Lipinski definition) is 3. The van der Waals surface area contributed by atoms with Crippen LogP contribution in [-0.2, 0) is 0 Å². The highest BCUT2D eigenvalue weighted by Gasteiger charge is 2.25. The van der Waals surface area contributed by atoms with Crippen LogP contribution in [0.4, 0.5) is 10.7 Å². The minimum atomic E-state index is -0.0429. The molecule has 0 bridgehead atoms. The van der Waals surface area contributed by atoms with Crippen molar-refractivity contribution >= 4 is 27.9 Å². The Morgan fingerprint density at radius 1 is 1.58 bits per heavy atom. The van der Waals surface area contributed by atoms with Crippen molar-refractivity contribution in [3.8, 4) is 0 Å². The van der Waals surface area contributed by atoms with Crippen LogP contribution in [0.5, 0.6) is 0 Å². The number of likely N-dealkylation sites (N-methyl/N-ethyl adjacent to an activating group) is 1. The molecular formula is C13H22N4OS. The smallest absolute Gasteiger partial charge is 0.263 e. The Hall–Kier alpha value is -1.27. The highest BCUT2D eigenvalue weighted by molar-refractivity contribution is 7.18. The molecule has 1 aromatic heterocycles. The largest absolute Gasteiger partial charge is 0.397 e. The van der Waals surface area contributed by atoms with Gasteiger partial charge in [-0.15, -0.1) is 11.3 Å². The van der Waals surface area contributed by atoms with E-state index in [0.717, 1.165) is 24.4 Å². The molecule has 1 saturated carbocycles. The summed E-state index contributed by atoms with van der Waals surface area (Å²) >= 11 is 1.42. The third kappa shape index (κ3) is 3.84. The van der Waals surface area contributed by atoms with Gasteiger partial charge in [-0.25, -0.2) is 0 Å². The van der Waals surface area contributed by atoms with Crippen molar-refractivity contribution in [2.24, 2.45) is 0 Å². The lowest BCUT2D eigenvalue weighted by Crippen LogP contribution is -2.31. The van der Waals surface area contributed by atoms with Crippen molar-refractivity contribution in [2.75, 3.05) is 31.7 Å². The van der Waals surface area contributed by atoms with Crippen molar-refractivity contribution in [1.29, 1.82) is 0 Å². The van der Waals surface area contributed by atoms with E-state index in [-0.39, 0.29) is 5.91 Å². The molecule has 0 aromatic carbocycles. The molecule has 6 heteroatoms. The first-order chi connectivity index (χ1) is 8.97. The summed E-state index contributed by atoms with van der Waals surface area (Å²) in [4.78, 5) is 14.7. The molecule has 1 fully saturated rings. The summed E-state index contributed by atoms with van der Waals surface area (Å²) in [5.74, 6) is -0.0429. The number of nitrogens with zero attached hydrogens (tertiary/aromatic N) is 1. The van der Waals surface area contributed by atoms with Gasteiger partial charge in [0.25, 0.3) is 5.91 Å². The van der Waals surface area contributed by atoms with E-state index in [1.54, 1.807) is 0 Å². The van der Waals surface area contributed by atoms with Crippen LogP contribution < -0.4 is 16.4 Å². The highest BCUT2D eigenvalue weighted by Crippen LogP contribution is 2.30. The van der Waals surface area contributed by atoms with Crippen LogP contribution in [0.2, 0.25) is 0 Å². The number of anilines is 2. The Morgan fingerprint density at radius 3 is 2.84 bits per heavy atom. The maximum atomic E-state index is 12.0. The fraction of sp³-hybridized carbons (Fsp3) is 0.615. The Bertz CT molecular complexity index is 453. The molecule has 0 spiro atoms. The summed E-state index contributed by atoms with van der Waals surface area (Å²) < 4.78 is 0. The van der Waals surface area contributed by atoms with Gasteiger partial charge in [-0.2, -0.15) is 0 Å². The second-order valence-electron chi connectivity index (χ2n) is 5.34. The van der Waals surface area contributed by atoms with E-state index in [9.17, 15) is 4.79 Å². The van der Waals surface area contributed by atoms with E-state index >= 15 is 0 Å². The molecule has 0 aliphatic heterocycles. The number of carbonyl (C=O) groups is 1. The topological polar surface area (TPSA) is 70.4 Å². The zero-order chi connectivity index (χ0) is 14.0. The fourth-order valence-electron chi connectivity index (χ4n) is 1.58. The lowest BCUT2D eigenvalue weighted by molar-refractivity contribution is 0.0956. The van der Waals surface area contributed by atoms with Crippen molar-refractivity contribution in [3.63, 3.8) is 0 Å². The van der Waals surface area contributed by atoms with Crippen LogP contribution in [0.1, 0.15) is 29.4 Å². The van der Waals surface area contributed by atoms with Crippen LogP contribution in [0.15, 0.2) is 6.07 Å². The quantitative estimate of drug-likeness (QED) is 0.741. The van der Waals surface area contributed by atoms with Gasteiger partial charge in [-0.3, -0.25) is 4.79 Å². The van der Waals surface area contributed by atoms with Gasteiger partial charge in [0.05, 0.1) is 10.7 Å². The predicted octanol–water partition coefficient (Wildman–Crippen LogP) is 1.58. The molecular weight excluding hydrogens is 260 g/mol. The molecule has 1 amide bonds. The summed E-state index contributed by atoms with van der Waals surface area (Å²) in [6, 6.07) is 2.63. The Kier molecular flexibility index (Phi) is 4.31. The first kappa shape index (κ1) is 14.1. The zero-order valence-corrected chi connectivity index (χ0v) is 12.5. The van der Waals surface area contributed by atoms with E-state index < -0.39 is 0 Å². The Labute approximate surface area is 118 Å². The van der Waals surface area contributed by atoms with Crippen LogP contribution in [-0.4, -0.2) is 43.5 Å². The molecule has 1 atom stereocenters. The van der Waals surface area contributed by atoms with E-state index in [1.165, 1.54) is 11.3 Å². The van der Waals surface area contributed by atoms with Gasteiger partial charge in [0.15, 0.2) is 0 Å². The van der Waals surface area contributed by atoms with Gasteiger partial charge in [-0.1, -0.05) is 0 Å². The van der Waals surface area contributed by atoms with Crippen molar-refractivity contribution in [1.82, 2.24) is 10.2 Å². The molecule has 0 radical (unpaired) electrons. The zero-order valence-electron chi connectivity index (χ0n) is 11.7. The average molecular weight is 282 g/mol. The minimum Gasteiger partial charge on any atom is -0.397 e. The third-order valence-electron chi connectivity index (χ3n) is 3.33. The molecule has 1 unspecified atom stereocenters. The maximum absolute atomic E-state index is 12.0. The first-order valence-corrected chi connectivity index (χ1v) is 7.39. The number of nitrogens with one attached hydrogen (secondary N) is 2.